The van der Waals surface area contributed by atoms with Crippen LogP contribution in [0.3, 0.4) is 0 Å². The first-order valence-electron chi connectivity index (χ1n) is 14.2. The molecule has 0 unspecified atom stereocenters. The third-order valence-electron chi connectivity index (χ3n) is 7.70. The number of hydrogen-bond acceptors (Lipinski definition) is 7. The molecular formula is C35H35NO6. The second-order valence-electron chi connectivity index (χ2n) is 10.9. The molecule has 0 saturated carbocycles. The number of benzene rings is 4. The number of fused-ring (bicyclic) bond motifs is 1. The smallest absolute Gasteiger partial charge is 0.187 e. The van der Waals surface area contributed by atoms with Gasteiger partial charge in [0.25, 0.3) is 0 Å². The molecule has 4 aromatic carbocycles. The van der Waals surface area contributed by atoms with Crippen molar-refractivity contribution >= 4 is 5.71 Å². The van der Waals surface area contributed by atoms with Crippen molar-refractivity contribution in [2.75, 3.05) is 6.61 Å². The third kappa shape index (κ3) is 5.62. The van der Waals surface area contributed by atoms with E-state index in [1.54, 1.807) is 0 Å². The lowest BCUT2D eigenvalue weighted by Crippen LogP contribution is -2.41. The van der Waals surface area contributed by atoms with Crippen LogP contribution in [0.1, 0.15) is 36.1 Å². The Bertz CT molecular complexity index is 1370. The normalized spacial score (nSPS) is 23.5. The van der Waals surface area contributed by atoms with Gasteiger partial charge in [-0.25, -0.2) is 0 Å². The van der Waals surface area contributed by atoms with Crippen LogP contribution in [0.2, 0.25) is 0 Å². The summed E-state index contributed by atoms with van der Waals surface area (Å²) in [5.74, 6) is -0.852. The van der Waals surface area contributed by atoms with Crippen molar-refractivity contribution in [1.82, 2.24) is 0 Å². The predicted octanol–water partition coefficient (Wildman–Crippen LogP) is 6.29. The lowest BCUT2D eigenvalue weighted by Gasteiger charge is -2.36. The van der Waals surface area contributed by atoms with Crippen molar-refractivity contribution in [1.29, 1.82) is 0 Å². The molecule has 6 rings (SSSR count). The number of ether oxygens (including phenoxy) is 5. The Kier molecular flexibility index (Phi) is 8.20. The molecule has 216 valence electrons. The fourth-order valence-corrected chi connectivity index (χ4v) is 5.83. The molecule has 0 bridgehead atoms. The molecule has 7 nitrogen and oxygen atoms in total. The fraction of sp³-hybridized carbons (Fsp3) is 0.286. The van der Waals surface area contributed by atoms with Crippen molar-refractivity contribution in [3.63, 3.8) is 0 Å². The Morgan fingerprint density at radius 2 is 1.21 bits per heavy atom. The van der Waals surface area contributed by atoms with E-state index in [2.05, 4.69) is 5.16 Å². The van der Waals surface area contributed by atoms with Gasteiger partial charge >= 0.3 is 0 Å². The predicted molar refractivity (Wildman–Crippen MR) is 158 cm³/mol. The van der Waals surface area contributed by atoms with E-state index in [0.29, 0.717) is 6.61 Å². The molecule has 0 radical (unpaired) electrons. The zero-order valence-electron chi connectivity index (χ0n) is 23.7. The van der Waals surface area contributed by atoms with Gasteiger partial charge in [0, 0.05) is 0 Å². The number of nitrogens with zero attached hydrogens (tertiary/aromatic N) is 1. The van der Waals surface area contributed by atoms with Crippen molar-refractivity contribution in [3.8, 4) is 0 Å². The maximum Gasteiger partial charge on any atom is 0.187 e. The first kappa shape index (κ1) is 28.3. The fourth-order valence-electron chi connectivity index (χ4n) is 5.83. The Morgan fingerprint density at radius 3 is 1.71 bits per heavy atom. The first-order valence-corrected chi connectivity index (χ1v) is 14.2. The largest absolute Gasteiger partial charge is 0.411 e. The summed E-state index contributed by atoms with van der Waals surface area (Å²) in [6, 6.07) is 40.0. The summed E-state index contributed by atoms with van der Waals surface area (Å²) in [5, 5.41) is 14.0. The Balaban J connectivity index is 1.31. The molecule has 1 N–H and O–H groups in total. The van der Waals surface area contributed by atoms with Crippen LogP contribution in [-0.4, -0.2) is 47.9 Å². The standard InChI is InChI=1S/C35H35NO6/c1-34(2)41-31-30(40-33(32(31)42-34)38-23-25-15-7-3-8-16-25)29(36-37)24-39-35(26-17-9-4-10-18-26,27-19-11-5-12-20-27)28-21-13-6-14-22-28/h3-22,30-33,37H,23-24H2,1-2H3/b36-29-/t30-,31-,32-,33+/m1/s1. The van der Waals surface area contributed by atoms with Crippen molar-refractivity contribution in [3.05, 3.63) is 144 Å². The summed E-state index contributed by atoms with van der Waals surface area (Å²) < 4.78 is 31.9. The topological polar surface area (TPSA) is 78.7 Å². The molecule has 4 aromatic rings. The number of hydrogen-bond donors (Lipinski definition) is 1. The molecule has 2 aliphatic rings. The highest BCUT2D eigenvalue weighted by atomic mass is 16.8. The van der Waals surface area contributed by atoms with Gasteiger partial charge in [0.15, 0.2) is 12.1 Å². The summed E-state index contributed by atoms with van der Waals surface area (Å²) in [6.07, 6.45) is -2.52. The van der Waals surface area contributed by atoms with Gasteiger partial charge in [0.2, 0.25) is 0 Å². The lowest BCUT2D eigenvalue weighted by molar-refractivity contribution is -0.229. The zero-order valence-corrected chi connectivity index (χ0v) is 23.7. The minimum atomic E-state index is -0.993. The average molecular weight is 566 g/mol. The highest BCUT2D eigenvalue weighted by Crippen LogP contribution is 2.42. The van der Waals surface area contributed by atoms with Crippen LogP contribution < -0.4 is 0 Å². The lowest BCUT2D eigenvalue weighted by atomic mass is 9.80. The summed E-state index contributed by atoms with van der Waals surface area (Å²) in [7, 11) is 0. The number of rotatable bonds is 10. The monoisotopic (exact) mass is 565 g/mol. The maximum absolute atomic E-state index is 10.3. The van der Waals surface area contributed by atoms with Gasteiger partial charge in [-0.05, 0) is 36.1 Å². The zero-order chi connectivity index (χ0) is 29.0. The van der Waals surface area contributed by atoms with Gasteiger partial charge in [0.1, 0.15) is 29.6 Å². The van der Waals surface area contributed by atoms with Crippen molar-refractivity contribution in [2.24, 2.45) is 5.16 Å². The van der Waals surface area contributed by atoms with E-state index >= 15 is 0 Å². The molecule has 2 fully saturated rings. The summed E-state index contributed by atoms with van der Waals surface area (Å²) in [6.45, 7) is 4.01. The van der Waals surface area contributed by atoms with Crippen molar-refractivity contribution < 1.29 is 28.9 Å². The molecule has 2 aliphatic heterocycles. The van der Waals surface area contributed by atoms with Gasteiger partial charge in [0.05, 0.1) is 13.2 Å². The molecular weight excluding hydrogens is 530 g/mol. The van der Waals surface area contributed by atoms with E-state index in [1.807, 2.05) is 135 Å². The van der Waals surface area contributed by atoms with E-state index in [1.165, 1.54) is 0 Å². The van der Waals surface area contributed by atoms with E-state index in [4.69, 9.17) is 23.7 Å². The molecule has 0 spiro atoms. The molecule has 4 atom stereocenters. The Morgan fingerprint density at radius 1 is 0.738 bits per heavy atom. The van der Waals surface area contributed by atoms with Crippen LogP contribution in [-0.2, 0) is 35.9 Å². The van der Waals surface area contributed by atoms with Gasteiger partial charge in [-0.2, -0.15) is 0 Å². The minimum absolute atomic E-state index is 0.0434. The Labute approximate surface area is 246 Å². The van der Waals surface area contributed by atoms with E-state index in [-0.39, 0.29) is 12.3 Å². The van der Waals surface area contributed by atoms with Gasteiger partial charge < -0.3 is 28.9 Å². The van der Waals surface area contributed by atoms with Crippen LogP contribution in [0, 0.1) is 0 Å². The molecule has 0 aliphatic carbocycles. The molecule has 0 amide bonds. The highest BCUT2D eigenvalue weighted by Gasteiger charge is 2.57. The van der Waals surface area contributed by atoms with Crippen LogP contribution in [0.5, 0.6) is 0 Å². The van der Waals surface area contributed by atoms with E-state index in [0.717, 1.165) is 22.3 Å². The second kappa shape index (κ2) is 12.2. The molecule has 2 heterocycles. The van der Waals surface area contributed by atoms with Crippen LogP contribution in [0.25, 0.3) is 0 Å². The SMILES string of the molecule is CC1(C)O[C@H]2[C@@H](OCc3ccccc3)O[C@H](/C(COC(c3ccccc3)(c3ccccc3)c3ccccc3)=N\O)[C@H]2O1. The summed E-state index contributed by atoms with van der Waals surface area (Å²) in [4.78, 5) is 0. The quantitative estimate of drug-likeness (QED) is 0.105. The number of oxime groups is 1. The van der Waals surface area contributed by atoms with Crippen LogP contribution >= 0.6 is 0 Å². The highest BCUT2D eigenvalue weighted by molar-refractivity contribution is 5.90. The Hall–Kier alpha value is -3.85. The van der Waals surface area contributed by atoms with Gasteiger partial charge in [-0.3, -0.25) is 0 Å². The van der Waals surface area contributed by atoms with Gasteiger partial charge in [-0.15, -0.1) is 0 Å². The maximum atomic E-state index is 10.3. The first-order chi connectivity index (χ1) is 20.5. The summed E-state index contributed by atoms with van der Waals surface area (Å²) >= 11 is 0. The average Bonchev–Trinajstić information content (AvgIpc) is 3.53. The van der Waals surface area contributed by atoms with E-state index in [9.17, 15) is 5.21 Å². The molecule has 42 heavy (non-hydrogen) atoms. The minimum Gasteiger partial charge on any atom is -0.411 e. The van der Waals surface area contributed by atoms with Crippen LogP contribution in [0.4, 0.5) is 0 Å². The third-order valence-corrected chi connectivity index (χ3v) is 7.70. The molecule has 7 heteroatoms. The second-order valence-corrected chi connectivity index (χ2v) is 10.9. The van der Waals surface area contributed by atoms with Crippen LogP contribution in [0.15, 0.2) is 126 Å². The molecule has 0 aromatic heterocycles. The van der Waals surface area contributed by atoms with E-state index < -0.39 is 36.0 Å². The van der Waals surface area contributed by atoms with Gasteiger partial charge in [-0.1, -0.05) is 126 Å². The van der Waals surface area contributed by atoms with Crippen molar-refractivity contribution in [2.45, 2.75) is 56.4 Å². The summed E-state index contributed by atoms with van der Waals surface area (Å²) in [5.41, 5.74) is 3.12. The molecule has 2 saturated heterocycles.